The van der Waals surface area contributed by atoms with Crippen molar-refractivity contribution in [1.29, 1.82) is 0 Å². The molecular weight excluding hydrogens is 779 g/mol. The van der Waals surface area contributed by atoms with Crippen molar-refractivity contribution in [1.82, 2.24) is 46.7 Å². The summed E-state index contributed by atoms with van der Waals surface area (Å²) in [5.41, 5.74) is 1.41. The van der Waals surface area contributed by atoms with Crippen LogP contribution in [0, 0.1) is 11.8 Å². The Hall–Kier alpha value is -5.56. The zero-order valence-corrected chi connectivity index (χ0v) is 34.6. The number of carbonyl (C=O) groups excluding carboxylic acids is 8. The van der Waals surface area contributed by atoms with Crippen LogP contribution in [0.25, 0.3) is 10.9 Å². The van der Waals surface area contributed by atoms with Gasteiger partial charge >= 0.3 is 0 Å². The number of aliphatic hydroxyl groups excluding tert-OH is 2. The number of nitrogens with zero attached hydrogens (tertiary/aromatic N) is 2. The molecule has 3 saturated heterocycles. The Morgan fingerprint density at radius 3 is 1.67 bits per heavy atom. The van der Waals surface area contributed by atoms with Gasteiger partial charge in [0.2, 0.25) is 47.3 Å². The molecule has 1 aromatic carbocycles. The first-order chi connectivity index (χ1) is 28.6. The maximum atomic E-state index is 14.4. The van der Waals surface area contributed by atoms with Crippen LogP contribution in [0.2, 0.25) is 0 Å². The summed E-state index contributed by atoms with van der Waals surface area (Å²) in [7, 11) is 0. The molecule has 5 rings (SSSR count). The minimum atomic E-state index is -1.64. The van der Waals surface area contributed by atoms with Gasteiger partial charge in [0.15, 0.2) is 0 Å². The fourth-order valence-corrected chi connectivity index (χ4v) is 8.13. The first-order valence-corrected chi connectivity index (χ1v) is 20.8. The van der Waals surface area contributed by atoms with Crippen LogP contribution >= 0.6 is 0 Å². The van der Waals surface area contributed by atoms with Crippen molar-refractivity contribution in [2.75, 3.05) is 32.8 Å². The fraction of sp³-hybridized carbons (Fsp3) is 0.610. The highest BCUT2D eigenvalue weighted by Crippen LogP contribution is 2.24. The smallest absolute Gasteiger partial charge is 0.245 e. The van der Waals surface area contributed by atoms with E-state index in [1.807, 2.05) is 52.0 Å². The lowest BCUT2D eigenvalue weighted by atomic mass is 9.99. The van der Waals surface area contributed by atoms with Crippen molar-refractivity contribution in [3.63, 3.8) is 0 Å². The summed E-state index contributed by atoms with van der Waals surface area (Å²) < 4.78 is 0. The molecule has 0 bridgehead atoms. The zero-order valence-electron chi connectivity index (χ0n) is 34.6. The Balaban J connectivity index is 1.50. The molecule has 60 heavy (non-hydrogen) atoms. The van der Waals surface area contributed by atoms with E-state index in [9.17, 15) is 48.6 Å². The van der Waals surface area contributed by atoms with Gasteiger partial charge in [-0.1, -0.05) is 45.9 Å². The lowest BCUT2D eigenvalue weighted by molar-refractivity contribution is -0.145. The van der Waals surface area contributed by atoms with Crippen molar-refractivity contribution in [2.24, 2.45) is 11.8 Å². The van der Waals surface area contributed by atoms with Crippen molar-refractivity contribution in [3.8, 4) is 0 Å². The third-order valence-corrected chi connectivity index (χ3v) is 11.1. The Morgan fingerprint density at radius 2 is 1.10 bits per heavy atom. The summed E-state index contributed by atoms with van der Waals surface area (Å²) in [5.74, 6) is -5.91. The molecule has 0 spiro atoms. The molecule has 0 aliphatic carbocycles. The van der Waals surface area contributed by atoms with Crippen LogP contribution in [0.3, 0.4) is 0 Å². The monoisotopic (exact) mass is 837 g/mol. The number of carbonyl (C=O) groups is 8. The summed E-state index contributed by atoms with van der Waals surface area (Å²) in [6.45, 7) is 5.51. The van der Waals surface area contributed by atoms with Crippen LogP contribution in [0.1, 0.15) is 71.8 Å². The minimum Gasteiger partial charge on any atom is -0.394 e. The zero-order chi connectivity index (χ0) is 43.7. The number of aromatic amines is 1. The molecule has 328 valence electrons. The van der Waals surface area contributed by atoms with Gasteiger partial charge in [0, 0.05) is 36.6 Å². The number of para-hydroxylation sites is 1. The van der Waals surface area contributed by atoms with E-state index in [-0.39, 0.29) is 44.2 Å². The van der Waals surface area contributed by atoms with Gasteiger partial charge in [-0.15, -0.1) is 0 Å². The number of fused-ring (bicyclic) bond motifs is 3. The third-order valence-electron chi connectivity index (χ3n) is 11.1. The number of hydrogen-bond acceptors (Lipinski definition) is 10. The molecule has 4 heterocycles. The van der Waals surface area contributed by atoms with Crippen LogP contribution in [0.5, 0.6) is 0 Å². The topological polar surface area (TPSA) is 271 Å². The molecule has 9 N–H and O–H groups in total. The number of amides is 8. The largest absolute Gasteiger partial charge is 0.394 e. The normalized spacial score (nSPS) is 27.2. The Kier molecular flexibility index (Phi) is 15.6. The average molecular weight is 838 g/mol. The number of aliphatic hydroxyl groups is 2. The van der Waals surface area contributed by atoms with E-state index in [1.54, 1.807) is 6.20 Å². The van der Waals surface area contributed by atoms with Crippen LogP contribution < -0.4 is 31.9 Å². The highest BCUT2D eigenvalue weighted by atomic mass is 16.3. The molecule has 0 radical (unpaired) electrons. The Bertz CT molecular complexity index is 1920. The highest BCUT2D eigenvalue weighted by Gasteiger charge is 2.42. The first-order valence-electron chi connectivity index (χ1n) is 20.8. The number of aromatic nitrogens is 1. The van der Waals surface area contributed by atoms with Gasteiger partial charge in [-0.2, -0.15) is 0 Å². The van der Waals surface area contributed by atoms with E-state index < -0.39 is 109 Å². The molecule has 0 unspecified atom stereocenters. The van der Waals surface area contributed by atoms with Crippen LogP contribution in [-0.4, -0.2) is 147 Å². The van der Waals surface area contributed by atoms with Gasteiger partial charge in [-0.3, -0.25) is 38.4 Å². The molecule has 3 aliphatic heterocycles. The highest BCUT2D eigenvalue weighted by molar-refractivity contribution is 5.99. The maximum absolute atomic E-state index is 14.4. The molecule has 19 nitrogen and oxygen atoms in total. The molecule has 7 atom stereocenters. The van der Waals surface area contributed by atoms with Crippen molar-refractivity contribution >= 4 is 58.2 Å². The molecular formula is C41H59N9O10. The molecule has 8 amide bonds. The lowest BCUT2D eigenvalue weighted by Gasteiger charge is -2.33. The van der Waals surface area contributed by atoms with E-state index in [0.717, 1.165) is 10.9 Å². The van der Waals surface area contributed by atoms with E-state index in [0.29, 0.717) is 31.2 Å². The van der Waals surface area contributed by atoms with E-state index >= 15 is 0 Å². The number of benzene rings is 1. The molecule has 2 aromatic rings. The van der Waals surface area contributed by atoms with Crippen LogP contribution in [-0.2, 0) is 44.8 Å². The van der Waals surface area contributed by atoms with E-state index in [1.165, 1.54) is 9.80 Å². The van der Waals surface area contributed by atoms with Gasteiger partial charge in [-0.05, 0) is 62.0 Å². The predicted octanol–water partition coefficient (Wildman–Crippen LogP) is -1.68. The SMILES string of the molecule is CC(C)C[C@@H]1NC(=O)[C@H](Cc2c[nH]c3ccccc23)NC(=O)[C@H](CO)NC(=O)[C@H](CO)NC(=O)CNC(=O)[C@@H]2CCCN2C(=O)[C@H](CC(C)C)NC(=O)[C@@H]2CCCN2C1=O. The number of rotatable bonds is 8. The second-order valence-electron chi connectivity index (χ2n) is 16.6. The van der Waals surface area contributed by atoms with E-state index in [4.69, 9.17) is 0 Å². The van der Waals surface area contributed by atoms with E-state index in [2.05, 4.69) is 36.9 Å². The second kappa shape index (κ2) is 20.6. The van der Waals surface area contributed by atoms with Crippen molar-refractivity contribution in [3.05, 3.63) is 36.0 Å². The Morgan fingerprint density at radius 1 is 0.617 bits per heavy atom. The van der Waals surface area contributed by atoms with Crippen molar-refractivity contribution in [2.45, 2.75) is 115 Å². The third kappa shape index (κ3) is 11.2. The minimum absolute atomic E-state index is 0.0429. The quantitative estimate of drug-likeness (QED) is 0.146. The number of nitrogens with one attached hydrogen (secondary N) is 7. The fourth-order valence-electron chi connectivity index (χ4n) is 8.13. The second-order valence-corrected chi connectivity index (χ2v) is 16.6. The molecule has 3 fully saturated rings. The summed E-state index contributed by atoms with van der Waals surface area (Å²) in [4.78, 5) is 116. The van der Waals surface area contributed by atoms with Gasteiger partial charge < -0.3 is 56.9 Å². The van der Waals surface area contributed by atoms with Gasteiger partial charge in [-0.25, -0.2) is 0 Å². The maximum Gasteiger partial charge on any atom is 0.245 e. The molecule has 19 heteroatoms. The summed E-state index contributed by atoms with van der Waals surface area (Å²) in [6, 6.07) is -1.34. The van der Waals surface area contributed by atoms with Crippen LogP contribution in [0.4, 0.5) is 0 Å². The number of hydrogen-bond donors (Lipinski definition) is 9. The summed E-state index contributed by atoms with van der Waals surface area (Å²) in [6.07, 6.45) is 3.62. The standard InChI is InChI=1S/C41H59N9O10/c1-22(2)15-28-40(59)50-14-8-12-33(50)39(58)47-29(16-23(3)4)41(60)49-13-7-11-32(49)38(57)43-19-34(53)44-30(20-51)36(55)48-31(21-52)37(56)45-27(35(54)46-28)17-24-18-42-26-10-6-5-9-25(24)26/h5-6,9-10,18,22-23,27-33,42,51-52H,7-8,11-17,19-21H2,1-4H3,(H,43,57)(H,44,53)(H,45,56)(H,46,54)(H,47,58)(H,48,55)/t27-,28-,29-,30-,31-,32-,33-/m0/s1. The molecule has 3 aliphatic rings. The van der Waals surface area contributed by atoms with Gasteiger partial charge in [0.25, 0.3) is 0 Å². The van der Waals surface area contributed by atoms with Crippen LogP contribution in [0.15, 0.2) is 30.5 Å². The first kappa shape index (κ1) is 45.5. The Labute approximate surface area is 348 Å². The summed E-state index contributed by atoms with van der Waals surface area (Å²) in [5, 5.41) is 36.4. The summed E-state index contributed by atoms with van der Waals surface area (Å²) >= 11 is 0. The average Bonchev–Trinajstić information content (AvgIpc) is 4.00. The van der Waals surface area contributed by atoms with Gasteiger partial charge in [0.05, 0.1) is 19.8 Å². The predicted molar refractivity (Wildman–Crippen MR) is 217 cm³/mol. The molecule has 0 saturated carbocycles. The van der Waals surface area contributed by atoms with Gasteiger partial charge in [0.1, 0.15) is 42.3 Å². The van der Waals surface area contributed by atoms with Crippen molar-refractivity contribution < 1.29 is 48.6 Å². The molecule has 1 aromatic heterocycles. The number of H-pyrrole nitrogens is 1. The lowest BCUT2D eigenvalue weighted by Crippen LogP contribution is -2.61.